The fourth-order valence-electron chi connectivity index (χ4n) is 3.25. The molecule has 1 aliphatic carbocycles. The second-order valence-electron chi connectivity index (χ2n) is 5.11. The number of rotatable bonds is 1. The summed E-state index contributed by atoms with van der Waals surface area (Å²) in [6.45, 7) is 0. The summed E-state index contributed by atoms with van der Waals surface area (Å²) in [4.78, 5) is 0. The number of ether oxygens (including phenoxy) is 1. The Balaban J connectivity index is 1.85. The zero-order valence-corrected chi connectivity index (χ0v) is 11.3. The number of hydrogen-bond acceptors (Lipinski definition) is 2. The highest BCUT2D eigenvalue weighted by Crippen LogP contribution is 2.48. The molecule has 0 amide bonds. The van der Waals surface area contributed by atoms with Crippen LogP contribution in [-0.2, 0) is 4.74 Å². The van der Waals surface area contributed by atoms with Crippen molar-refractivity contribution in [3.8, 4) is 0 Å². The molecule has 0 unspecified atom stereocenters. The molecule has 4 atom stereocenters. The maximum absolute atomic E-state index is 9.98. The van der Waals surface area contributed by atoms with Crippen LogP contribution in [0.3, 0.4) is 0 Å². The van der Waals surface area contributed by atoms with Crippen LogP contribution >= 0.6 is 15.9 Å². The average Bonchev–Trinajstić information content (AvgIpc) is 2.69. The van der Waals surface area contributed by atoms with E-state index >= 15 is 0 Å². The molecular weight excluding hydrogens is 280 g/mol. The molecular formula is C14H17BrO2. The van der Waals surface area contributed by atoms with E-state index in [1.54, 1.807) is 0 Å². The highest BCUT2D eigenvalue weighted by atomic mass is 79.9. The first-order valence-corrected chi connectivity index (χ1v) is 7.14. The van der Waals surface area contributed by atoms with E-state index in [2.05, 4.69) is 28.1 Å². The SMILES string of the molecule is O[C@H]1O[C@@H](c2ccc(Br)cc2)[C@@H]2CCCC[C@@H]21. The van der Waals surface area contributed by atoms with Gasteiger partial charge in [-0.3, -0.25) is 0 Å². The minimum Gasteiger partial charge on any atom is -0.368 e. The predicted molar refractivity (Wildman–Crippen MR) is 69.4 cm³/mol. The smallest absolute Gasteiger partial charge is 0.158 e. The van der Waals surface area contributed by atoms with Gasteiger partial charge in [-0.05, 0) is 36.5 Å². The van der Waals surface area contributed by atoms with Gasteiger partial charge in [0.1, 0.15) is 0 Å². The highest BCUT2D eigenvalue weighted by molar-refractivity contribution is 9.10. The number of aliphatic hydroxyl groups excluding tert-OH is 1. The van der Waals surface area contributed by atoms with E-state index in [0.29, 0.717) is 11.8 Å². The third kappa shape index (κ3) is 2.16. The summed E-state index contributed by atoms with van der Waals surface area (Å²) in [5, 5.41) is 9.98. The molecule has 1 aromatic carbocycles. The van der Waals surface area contributed by atoms with Crippen molar-refractivity contribution in [3.05, 3.63) is 34.3 Å². The number of fused-ring (bicyclic) bond motifs is 1. The number of halogens is 1. The Labute approximate surface area is 110 Å². The van der Waals surface area contributed by atoms with Gasteiger partial charge < -0.3 is 9.84 Å². The summed E-state index contributed by atoms with van der Waals surface area (Å²) in [6.07, 6.45) is 4.32. The van der Waals surface area contributed by atoms with Crippen LogP contribution < -0.4 is 0 Å². The molecule has 1 saturated carbocycles. The van der Waals surface area contributed by atoms with Gasteiger partial charge in [0, 0.05) is 10.4 Å². The third-order valence-electron chi connectivity index (χ3n) is 4.11. The Morgan fingerprint density at radius 2 is 1.71 bits per heavy atom. The zero-order valence-electron chi connectivity index (χ0n) is 9.68. The lowest BCUT2D eigenvalue weighted by Gasteiger charge is -2.27. The lowest BCUT2D eigenvalue weighted by molar-refractivity contribution is -0.110. The second-order valence-corrected chi connectivity index (χ2v) is 6.03. The molecule has 0 radical (unpaired) electrons. The van der Waals surface area contributed by atoms with Gasteiger partial charge in [0.05, 0.1) is 6.10 Å². The van der Waals surface area contributed by atoms with Crippen molar-refractivity contribution in [2.45, 2.75) is 38.1 Å². The van der Waals surface area contributed by atoms with Crippen LogP contribution in [0.5, 0.6) is 0 Å². The van der Waals surface area contributed by atoms with Crippen molar-refractivity contribution in [2.75, 3.05) is 0 Å². The Morgan fingerprint density at radius 3 is 2.41 bits per heavy atom. The fourth-order valence-corrected chi connectivity index (χ4v) is 3.51. The van der Waals surface area contributed by atoms with Crippen molar-refractivity contribution < 1.29 is 9.84 Å². The van der Waals surface area contributed by atoms with Crippen LogP contribution in [0.2, 0.25) is 0 Å². The molecule has 92 valence electrons. The molecule has 0 spiro atoms. The van der Waals surface area contributed by atoms with Crippen LogP contribution in [0.4, 0.5) is 0 Å². The molecule has 0 aromatic heterocycles. The first-order chi connectivity index (χ1) is 8.25. The maximum atomic E-state index is 9.98. The molecule has 3 rings (SSSR count). The van der Waals surface area contributed by atoms with Crippen LogP contribution in [0, 0.1) is 11.8 Å². The molecule has 2 aliphatic rings. The van der Waals surface area contributed by atoms with E-state index in [1.165, 1.54) is 24.8 Å². The maximum Gasteiger partial charge on any atom is 0.158 e. The molecule has 1 aliphatic heterocycles. The first-order valence-electron chi connectivity index (χ1n) is 6.35. The molecule has 2 fully saturated rings. The van der Waals surface area contributed by atoms with Crippen LogP contribution in [0.1, 0.15) is 37.4 Å². The normalized spacial score (nSPS) is 36.8. The summed E-state index contributed by atoms with van der Waals surface area (Å²) >= 11 is 3.44. The van der Waals surface area contributed by atoms with E-state index < -0.39 is 6.29 Å². The highest BCUT2D eigenvalue weighted by Gasteiger charge is 2.44. The summed E-state index contributed by atoms with van der Waals surface area (Å²) in [7, 11) is 0. The molecule has 1 aromatic rings. The minimum absolute atomic E-state index is 0.0865. The molecule has 1 saturated heterocycles. The Bertz CT molecular complexity index is 390. The van der Waals surface area contributed by atoms with Gasteiger partial charge in [0.25, 0.3) is 0 Å². The minimum atomic E-state index is -0.561. The first kappa shape index (κ1) is 11.7. The van der Waals surface area contributed by atoms with Gasteiger partial charge >= 0.3 is 0 Å². The number of hydrogen-bond donors (Lipinski definition) is 1. The second kappa shape index (κ2) is 4.71. The monoisotopic (exact) mass is 296 g/mol. The Hall–Kier alpha value is -0.380. The van der Waals surface area contributed by atoms with Crippen LogP contribution in [0.15, 0.2) is 28.7 Å². The quantitative estimate of drug-likeness (QED) is 0.857. The Kier molecular flexibility index (Phi) is 3.24. The summed E-state index contributed by atoms with van der Waals surface area (Å²) in [5.74, 6) is 0.845. The topological polar surface area (TPSA) is 29.5 Å². The molecule has 3 heteroatoms. The standard InChI is InChI=1S/C14H17BrO2/c15-10-7-5-9(6-8-10)13-11-3-1-2-4-12(11)14(16)17-13/h5-8,11-14,16H,1-4H2/t11-,12+,13+,14+/m1/s1. The lowest BCUT2D eigenvalue weighted by atomic mass is 9.76. The van der Waals surface area contributed by atoms with E-state index in [4.69, 9.17) is 4.74 Å². The van der Waals surface area contributed by atoms with E-state index in [-0.39, 0.29) is 6.10 Å². The molecule has 1 heterocycles. The van der Waals surface area contributed by atoms with E-state index in [9.17, 15) is 5.11 Å². The Morgan fingerprint density at radius 1 is 1.06 bits per heavy atom. The van der Waals surface area contributed by atoms with Crippen molar-refractivity contribution in [3.63, 3.8) is 0 Å². The summed E-state index contributed by atoms with van der Waals surface area (Å²) in [6, 6.07) is 8.28. The van der Waals surface area contributed by atoms with Gasteiger partial charge in [-0.15, -0.1) is 0 Å². The van der Waals surface area contributed by atoms with Crippen molar-refractivity contribution in [1.82, 2.24) is 0 Å². The summed E-state index contributed by atoms with van der Waals surface area (Å²) in [5.41, 5.74) is 1.20. The van der Waals surface area contributed by atoms with Gasteiger partial charge in [0.15, 0.2) is 6.29 Å². The molecule has 17 heavy (non-hydrogen) atoms. The molecule has 0 bridgehead atoms. The van der Waals surface area contributed by atoms with E-state index in [1.807, 2.05) is 12.1 Å². The van der Waals surface area contributed by atoms with Gasteiger partial charge in [-0.2, -0.15) is 0 Å². The number of benzene rings is 1. The summed E-state index contributed by atoms with van der Waals surface area (Å²) < 4.78 is 6.86. The molecule has 2 nitrogen and oxygen atoms in total. The lowest BCUT2D eigenvalue weighted by Crippen LogP contribution is -2.23. The fraction of sp³-hybridized carbons (Fsp3) is 0.571. The van der Waals surface area contributed by atoms with Gasteiger partial charge in [-0.1, -0.05) is 40.9 Å². The van der Waals surface area contributed by atoms with Gasteiger partial charge in [0.2, 0.25) is 0 Å². The van der Waals surface area contributed by atoms with Gasteiger partial charge in [-0.25, -0.2) is 0 Å². The van der Waals surface area contributed by atoms with E-state index in [0.717, 1.165) is 10.9 Å². The van der Waals surface area contributed by atoms with Crippen molar-refractivity contribution in [2.24, 2.45) is 11.8 Å². The third-order valence-corrected chi connectivity index (χ3v) is 4.64. The predicted octanol–water partition coefficient (Wildman–Crippen LogP) is 3.65. The van der Waals surface area contributed by atoms with Crippen LogP contribution in [0.25, 0.3) is 0 Å². The van der Waals surface area contributed by atoms with Crippen molar-refractivity contribution >= 4 is 15.9 Å². The van der Waals surface area contributed by atoms with Crippen LogP contribution in [-0.4, -0.2) is 11.4 Å². The van der Waals surface area contributed by atoms with Crippen molar-refractivity contribution in [1.29, 1.82) is 0 Å². The zero-order chi connectivity index (χ0) is 11.8. The largest absolute Gasteiger partial charge is 0.368 e. The average molecular weight is 297 g/mol. The number of aliphatic hydroxyl groups is 1. The molecule has 1 N–H and O–H groups in total.